The average molecular weight is 175 g/mol. The predicted molar refractivity (Wildman–Crippen MR) is 52.6 cm³/mol. The van der Waals surface area contributed by atoms with Gasteiger partial charge in [0, 0.05) is 12.7 Å². The Kier molecular flexibility index (Phi) is 1.79. The topological polar surface area (TPSA) is 30.7 Å². The van der Waals surface area contributed by atoms with Crippen LogP contribution in [-0.2, 0) is 7.05 Å². The van der Waals surface area contributed by atoms with Crippen molar-refractivity contribution < 1.29 is 0 Å². The van der Waals surface area contributed by atoms with Crippen molar-refractivity contribution in [1.29, 1.82) is 0 Å². The van der Waals surface area contributed by atoms with E-state index >= 15 is 0 Å². The molecule has 0 bridgehead atoms. The predicted octanol–water partition coefficient (Wildman–Crippen LogP) is 2.09. The summed E-state index contributed by atoms with van der Waals surface area (Å²) in [5.74, 6) is 0.476. The zero-order valence-corrected chi connectivity index (χ0v) is 8.15. The number of hydrogen-bond acceptors (Lipinski definition) is 2. The van der Waals surface area contributed by atoms with Crippen LogP contribution >= 0.6 is 0 Å². The zero-order valence-electron chi connectivity index (χ0n) is 8.15. The van der Waals surface area contributed by atoms with E-state index in [4.69, 9.17) is 0 Å². The fourth-order valence-electron chi connectivity index (χ4n) is 1.38. The Labute approximate surface area is 77.4 Å². The molecule has 3 nitrogen and oxygen atoms in total. The van der Waals surface area contributed by atoms with Crippen LogP contribution in [0.2, 0.25) is 0 Å². The first-order valence-electron chi connectivity index (χ1n) is 4.47. The molecule has 0 aromatic carbocycles. The first kappa shape index (κ1) is 8.23. The van der Waals surface area contributed by atoms with E-state index in [0.29, 0.717) is 5.92 Å². The van der Waals surface area contributed by atoms with Gasteiger partial charge in [0.15, 0.2) is 0 Å². The highest BCUT2D eigenvalue weighted by atomic mass is 15.3. The third-order valence-electron chi connectivity index (χ3n) is 2.22. The molecule has 0 aliphatic carbocycles. The van der Waals surface area contributed by atoms with Gasteiger partial charge in [-0.05, 0) is 18.1 Å². The Balaban J connectivity index is 2.63. The molecule has 0 radical (unpaired) electrons. The smallest absolute Gasteiger partial charge is 0.109 e. The second kappa shape index (κ2) is 2.83. The molecular formula is C10H13N3. The van der Waals surface area contributed by atoms with Gasteiger partial charge in [-0.1, -0.05) is 13.8 Å². The lowest BCUT2D eigenvalue weighted by atomic mass is 10.1. The van der Waals surface area contributed by atoms with Crippen molar-refractivity contribution in [3.8, 4) is 0 Å². The Hall–Kier alpha value is -1.38. The summed E-state index contributed by atoms with van der Waals surface area (Å²) in [6.07, 6.45) is 1.81. The van der Waals surface area contributed by atoms with Crippen molar-refractivity contribution in [2.24, 2.45) is 7.05 Å². The Bertz CT molecular complexity index is 429. The number of fused-ring (bicyclic) bond motifs is 1. The largest absolute Gasteiger partial charge is 0.266 e. The summed E-state index contributed by atoms with van der Waals surface area (Å²) in [6.45, 7) is 4.29. The van der Waals surface area contributed by atoms with Gasteiger partial charge < -0.3 is 0 Å². The van der Waals surface area contributed by atoms with Crippen molar-refractivity contribution in [2.75, 3.05) is 0 Å². The second-order valence-corrected chi connectivity index (χ2v) is 3.56. The number of pyridine rings is 1. The molecule has 0 amide bonds. The van der Waals surface area contributed by atoms with Crippen molar-refractivity contribution in [3.05, 3.63) is 24.0 Å². The molecule has 0 spiro atoms. The third-order valence-corrected chi connectivity index (χ3v) is 2.22. The molecule has 3 heteroatoms. The van der Waals surface area contributed by atoms with Gasteiger partial charge in [0.05, 0.1) is 11.7 Å². The molecule has 68 valence electrons. The summed E-state index contributed by atoms with van der Waals surface area (Å²) in [5.41, 5.74) is 3.19. The minimum Gasteiger partial charge on any atom is -0.266 e. The van der Waals surface area contributed by atoms with Crippen LogP contribution in [0, 0.1) is 0 Å². The summed E-state index contributed by atoms with van der Waals surface area (Å²) in [7, 11) is 1.93. The number of nitrogens with zero attached hydrogens (tertiary/aromatic N) is 3. The van der Waals surface area contributed by atoms with E-state index < -0.39 is 0 Å². The number of hydrogen-bond donors (Lipinski definition) is 0. The molecular weight excluding hydrogens is 162 g/mol. The maximum absolute atomic E-state index is 4.51. The lowest BCUT2D eigenvalue weighted by Crippen LogP contribution is -1.93. The van der Waals surface area contributed by atoms with Crippen molar-refractivity contribution in [2.45, 2.75) is 19.8 Å². The summed E-state index contributed by atoms with van der Waals surface area (Å²) in [6, 6.07) is 4.14. The Morgan fingerprint density at radius 1 is 1.31 bits per heavy atom. The van der Waals surface area contributed by atoms with Crippen molar-refractivity contribution in [1.82, 2.24) is 14.8 Å². The fourth-order valence-corrected chi connectivity index (χ4v) is 1.38. The van der Waals surface area contributed by atoms with E-state index in [9.17, 15) is 0 Å². The summed E-state index contributed by atoms with van der Waals surface area (Å²) in [4.78, 5) is 4.51. The monoisotopic (exact) mass is 175 g/mol. The first-order valence-corrected chi connectivity index (χ1v) is 4.47. The van der Waals surface area contributed by atoms with Crippen LogP contribution in [0.1, 0.15) is 25.5 Å². The number of rotatable bonds is 1. The maximum atomic E-state index is 4.51. The fraction of sp³-hybridized carbons (Fsp3) is 0.400. The van der Waals surface area contributed by atoms with E-state index in [-0.39, 0.29) is 0 Å². The lowest BCUT2D eigenvalue weighted by Gasteiger charge is -2.03. The minimum atomic E-state index is 0.476. The van der Waals surface area contributed by atoms with E-state index in [2.05, 4.69) is 36.1 Å². The van der Waals surface area contributed by atoms with Crippen LogP contribution in [-0.4, -0.2) is 14.8 Å². The third kappa shape index (κ3) is 1.30. The first-order chi connectivity index (χ1) is 6.18. The van der Waals surface area contributed by atoms with Gasteiger partial charge in [-0.15, -0.1) is 0 Å². The van der Waals surface area contributed by atoms with Crippen LogP contribution < -0.4 is 0 Å². The summed E-state index contributed by atoms with van der Waals surface area (Å²) in [5, 5.41) is 4.15. The van der Waals surface area contributed by atoms with Crippen molar-refractivity contribution in [3.63, 3.8) is 0 Å². The molecule has 0 N–H and O–H groups in total. The molecule has 0 saturated carbocycles. The molecule has 0 unspecified atom stereocenters. The van der Waals surface area contributed by atoms with E-state index in [1.807, 2.05) is 11.7 Å². The average Bonchev–Trinajstić information content (AvgIpc) is 2.47. The summed E-state index contributed by atoms with van der Waals surface area (Å²) >= 11 is 0. The van der Waals surface area contributed by atoms with Crippen molar-refractivity contribution >= 4 is 11.0 Å². The molecule has 0 aliphatic heterocycles. The van der Waals surface area contributed by atoms with Crippen LogP contribution in [0.15, 0.2) is 18.3 Å². The van der Waals surface area contributed by atoms with Gasteiger partial charge in [-0.2, -0.15) is 5.10 Å². The molecule has 2 aromatic heterocycles. The molecule has 2 rings (SSSR count). The molecule has 2 heterocycles. The van der Waals surface area contributed by atoms with Crippen LogP contribution in [0.5, 0.6) is 0 Å². The van der Waals surface area contributed by atoms with E-state index in [0.717, 1.165) is 16.7 Å². The molecule has 13 heavy (non-hydrogen) atoms. The SMILES string of the molecule is CC(C)c1ccc2c(cnn2C)n1. The number of aromatic nitrogens is 3. The quantitative estimate of drug-likeness (QED) is 0.664. The van der Waals surface area contributed by atoms with Gasteiger partial charge in [-0.25, -0.2) is 4.98 Å². The van der Waals surface area contributed by atoms with Gasteiger partial charge >= 0.3 is 0 Å². The van der Waals surface area contributed by atoms with Gasteiger partial charge in [-0.3, -0.25) is 4.68 Å². The highest BCUT2D eigenvalue weighted by Gasteiger charge is 2.04. The van der Waals surface area contributed by atoms with Crippen LogP contribution in [0.4, 0.5) is 0 Å². The minimum absolute atomic E-state index is 0.476. The molecule has 2 aromatic rings. The van der Waals surface area contributed by atoms with Gasteiger partial charge in [0.1, 0.15) is 5.52 Å². The Morgan fingerprint density at radius 2 is 2.08 bits per heavy atom. The number of aryl methyl sites for hydroxylation is 1. The molecule has 0 atom stereocenters. The van der Waals surface area contributed by atoms with E-state index in [1.165, 1.54) is 0 Å². The molecule has 0 aliphatic rings. The zero-order chi connectivity index (χ0) is 9.42. The van der Waals surface area contributed by atoms with Gasteiger partial charge in [0.2, 0.25) is 0 Å². The highest BCUT2D eigenvalue weighted by molar-refractivity contribution is 5.74. The standard InChI is InChI=1S/C10H13N3/c1-7(2)8-4-5-10-9(12-8)6-11-13(10)3/h4-7H,1-3H3. The highest BCUT2D eigenvalue weighted by Crippen LogP contribution is 2.16. The summed E-state index contributed by atoms with van der Waals surface area (Å²) < 4.78 is 1.84. The Morgan fingerprint density at radius 3 is 2.77 bits per heavy atom. The molecule has 0 fully saturated rings. The lowest BCUT2D eigenvalue weighted by molar-refractivity contribution is 0.795. The maximum Gasteiger partial charge on any atom is 0.109 e. The molecule has 0 saturated heterocycles. The van der Waals surface area contributed by atoms with Crippen LogP contribution in [0.3, 0.4) is 0 Å². The normalized spacial score (nSPS) is 11.4. The van der Waals surface area contributed by atoms with Gasteiger partial charge in [0.25, 0.3) is 0 Å². The second-order valence-electron chi connectivity index (χ2n) is 3.56. The van der Waals surface area contributed by atoms with Crippen LogP contribution in [0.25, 0.3) is 11.0 Å². The van der Waals surface area contributed by atoms with E-state index in [1.54, 1.807) is 6.20 Å².